The highest BCUT2D eigenvalue weighted by atomic mass is 32.1. The standard InChI is InChI=1S/C29H28N4O4S/c1-35-25-14-20(15-26(36-2)27(25)37-3)28(34)32-29(38)33(16-18-6-4-8-23-21(18)10-12-30-23)17-19-7-5-9-24-22(19)11-13-31-24/h4-15,30-31H,16-17H2,1-3H3,(H,32,34,38). The normalized spacial score (nSPS) is 10.9. The van der Waals surface area contributed by atoms with Gasteiger partial charge in [0.1, 0.15) is 0 Å². The number of rotatable bonds is 8. The molecule has 0 aliphatic carbocycles. The van der Waals surface area contributed by atoms with Crippen molar-refractivity contribution >= 4 is 45.0 Å². The van der Waals surface area contributed by atoms with Crippen LogP contribution in [0.1, 0.15) is 21.5 Å². The molecule has 0 atom stereocenters. The zero-order chi connectivity index (χ0) is 26.6. The van der Waals surface area contributed by atoms with Crippen LogP contribution in [0.25, 0.3) is 21.8 Å². The van der Waals surface area contributed by atoms with Crippen LogP contribution in [-0.2, 0) is 13.1 Å². The van der Waals surface area contributed by atoms with Crippen LogP contribution in [0.5, 0.6) is 17.2 Å². The van der Waals surface area contributed by atoms with Crippen molar-refractivity contribution in [2.45, 2.75) is 13.1 Å². The van der Waals surface area contributed by atoms with Crippen LogP contribution in [0.15, 0.2) is 73.1 Å². The summed E-state index contributed by atoms with van der Waals surface area (Å²) in [6.45, 7) is 1.01. The zero-order valence-electron chi connectivity index (χ0n) is 21.3. The van der Waals surface area contributed by atoms with Crippen molar-refractivity contribution in [2.24, 2.45) is 0 Å². The molecule has 38 heavy (non-hydrogen) atoms. The maximum atomic E-state index is 13.4. The minimum Gasteiger partial charge on any atom is -0.493 e. The van der Waals surface area contributed by atoms with Gasteiger partial charge in [0, 0.05) is 52.9 Å². The van der Waals surface area contributed by atoms with Crippen molar-refractivity contribution < 1.29 is 19.0 Å². The number of methoxy groups -OCH3 is 3. The predicted molar refractivity (Wildman–Crippen MR) is 152 cm³/mol. The molecule has 9 heteroatoms. The van der Waals surface area contributed by atoms with Gasteiger partial charge >= 0.3 is 0 Å². The molecule has 5 rings (SSSR count). The molecule has 8 nitrogen and oxygen atoms in total. The summed E-state index contributed by atoms with van der Waals surface area (Å²) in [5.74, 6) is 0.810. The number of hydrogen-bond acceptors (Lipinski definition) is 5. The van der Waals surface area contributed by atoms with Crippen molar-refractivity contribution in [3.8, 4) is 17.2 Å². The summed E-state index contributed by atoms with van der Waals surface area (Å²) in [6, 6.07) is 19.5. The molecule has 3 N–H and O–H groups in total. The van der Waals surface area contributed by atoms with Gasteiger partial charge in [-0.2, -0.15) is 0 Å². The van der Waals surface area contributed by atoms with E-state index >= 15 is 0 Å². The fourth-order valence-electron chi connectivity index (χ4n) is 4.65. The number of carbonyl (C=O) groups excluding carboxylic acids is 1. The average Bonchev–Trinajstić information content (AvgIpc) is 3.62. The van der Waals surface area contributed by atoms with E-state index < -0.39 is 0 Å². The molecule has 0 fully saturated rings. The number of nitrogens with one attached hydrogen (secondary N) is 3. The third-order valence-corrected chi connectivity index (χ3v) is 6.89. The average molecular weight is 529 g/mol. The lowest BCUT2D eigenvalue weighted by Crippen LogP contribution is -2.42. The molecule has 194 valence electrons. The van der Waals surface area contributed by atoms with E-state index in [2.05, 4.69) is 27.4 Å². The Bertz CT molecular complexity index is 1520. The second kappa shape index (κ2) is 10.9. The first kappa shape index (κ1) is 25.2. The number of hydrogen-bond donors (Lipinski definition) is 3. The number of thiocarbonyl (C=S) groups is 1. The van der Waals surface area contributed by atoms with Crippen LogP contribution in [-0.4, -0.2) is 47.2 Å². The Balaban J connectivity index is 1.46. The number of ether oxygens (including phenoxy) is 3. The van der Waals surface area contributed by atoms with Crippen molar-refractivity contribution in [1.82, 2.24) is 20.2 Å². The van der Waals surface area contributed by atoms with E-state index in [-0.39, 0.29) is 5.91 Å². The Morgan fingerprint density at radius 2 is 1.34 bits per heavy atom. The van der Waals surface area contributed by atoms with Crippen LogP contribution in [0.2, 0.25) is 0 Å². The fraction of sp³-hybridized carbons (Fsp3) is 0.172. The first-order valence-corrected chi connectivity index (χ1v) is 12.4. The van der Waals surface area contributed by atoms with Crippen LogP contribution < -0.4 is 19.5 Å². The van der Waals surface area contributed by atoms with Crippen LogP contribution in [0.4, 0.5) is 0 Å². The molecule has 5 aromatic rings. The Kier molecular flexibility index (Phi) is 7.19. The van der Waals surface area contributed by atoms with Crippen LogP contribution in [0.3, 0.4) is 0 Å². The molecule has 2 aromatic heterocycles. The highest BCUT2D eigenvalue weighted by Gasteiger charge is 2.21. The molecule has 3 aromatic carbocycles. The first-order chi connectivity index (χ1) is 18.5. The third kappa shape index (κ3) is 4.88. The van der Waals surface area contributed by atoms with E-state index in [4.69, 9.17) is 26.4 Å². The first-order valence-electron chi connectivity index (χ1n) is 12.0. The van der Waals surface area contributed by atoms with Crippen LogP contribution >= 0.6 is 12.2 Å². The molecular weight excluding hydrogens is 500 g/mol. The Morgan fingerprint density at radius 3 is 1.82 bits per heavy atom. The minimum absolute atomic E-state index is 0.309. The van der Waals surface area contributed by atoms with E-state index in [1.165, 1.54) is 21.3 Å². The van der Waals surface area contributed by atoms with E-state index in [0.29, 0.717) is 41.0 Å². The number of benzene rings is 3. The maximum Gasteiger partial charge on any atom is 0.257 e. The highest BCUT2D eigenvalue weighted by Crippen LogP contribution is 2.38. The molecule has 0 radical (unpaired) electrons. The highest BCUT2D eigenvalue weighted by molar-refractivity contribution is 7.80. The number of amides is 1. The number of aromatic amines is 2. The third-order valence-electron chi connectivity index (χ3n) is 6.53. The summed E-state index contributed by atoms with van der Waals surface area (Å²) in [6.07, 6.45) is 3.84. The fourth-order valence-corrected chi connectivity index (χ4v) is 4.87. The number of aromatic nitrogens is 2. The van der Waals surface area contributed by atoms with Crippen LogP contribution in [0, 0.1) is 0 Å². The summed E-state index contributed by atoms with van der Waals surface area (Å²) in [7, 11) is 4.53. The Hall–Kier alpha value is -4.50. The van der Waals surface area contributed by atoms with Gasteiger partial charge in [0.2, 0.25) is 5.75 Å². The van der Waals surface area contributed by atoms with E-state index in [9.17, 15) is 4.79 Å². The van der Waals surface area contributed by atoms with Crippen molar-refractivity contribution in [3.05, 3.63) is 89.7 Å². The lowest BCUT2D eigenvalue weighted by atomic mass is 10.1. The van der Waals surface area contributed by atoms with Gasteiger partial charge in [0.25, 0.3) is 5.91 Å². The summed E-state index contributed by atoms with van der Waals surface area (Å²) in [5, 5.41) is 5.44. The monoisotopic (exact) mass is 528 g/mol. The molecule has 1 amide bonds. The van der Waals surface area contributed by atoms with Gasteiger partial charge in [-0.05, 0) is 59.7 Å². The molecule has 2 heterocycles. The van der Waals surface area contributed by atoms with Gasteiger partial charge in [-0.1, -0.05) is 24.3 Å². The molecule has 0 bridgehead atoms. The summed E-state index contributed by atoms with van der Waals surface area (Å²) in [5.41, 5.74) is 4.61. The smallest absolute Gasteiger partial charge is 0.257 e. The summed E-state index contributed by atoms with van der Waals surface area (Å²) in [4.78, 5) is 21.9. The lowest BCUT2D eigenvalue weighted by Gasteiger charge is -2.26. The van der Waals surface area contributed by atoms with E-state index in [1.54, 1.807) is 12.1 Å². The summed E-state index contributed by atoms with van der Waals surface area (Å²) >= 11 is 5.82. The molecule has 0 aliphatic heterocycles. The Labute approximate surface area is 225 Å². The van der Waals surface area contributed by atoms with Gasteiger partial charge in [-0.3, -0.25) is 10.1 Å². The zero-order valence-corrected chi connectivity index (χ0v) is 22.1. The molecule has 0 saturated carbocycles. The van der Waals surface area contributed by atoms with Crippen molar-refractivity contribution in [3.63, 3.8) is 0 Å². The minimum atomic E-state index is -0.376. The number of nitrogens with zero attached hydrogens (tertiary/aromatic N) is 1. The van der Waals surface area contributed by atoms with Crippen molar-refractivity contribution in [1.29, 1.82) is 0 Å². The second-order valence-corrected chi connectivity index (χ2v) is 9.13. The maximum absolute atomic E-state index is 13.4. The number of H-pyrrole nitrogens is 2. The lowest BCUT2D eigenvalue weighted by molar-refractivity contribution is 0.0971. The number of fused-ring (bicyclic) bond motifs is 2. The molecular formula is C29H28N4O4S. The van der Waals surface area contributed by atoms with Gasteiger partial charge in [0.05, 0.1) is 21.3 Å². The SMILES string of the molecule is COc1cc(C(=O)NC(=S)N(Cc2cccc3[nH]ccc23)Cc2cccc3[nH]ccc23)cc(OC)c1OC. The van der Waals surface area contributed by atoms with Gasteiger partial charge in [-0.25, -0.2) is 0 Å². The quantitative estimate of drug-likeness (QED) is 0.234. The second-order valence-electron chi connectivity index (χ2n) is 8.74. The topological polar surface area (TPSA) is 91.6 Å². The largest absolute Gasteiger partial charge is 0.493 e. The van der Waals surface area contributed by atoms with E-state index in [1.807, 2.05) is 53.7 Å². The van der Waals surface area contributed by atoms with Gasteiger partial charge in [-0.15, -0.1) is 0 Å². The molecule has 0 aliphatic rings. The van der Waals surface area contributed by atoms with E-state index in [0.717, 1.165) is 32.9 Å². The predicted octanol–water partition coefficient (Wildman–Crippen LogP) is 5.39. The molecule has 0 spiro atoms. The summed E-state index contributed by atoms with van der Waals surface area (Å²) < 4.78 is 16.2. The molecule has 0 saturated heterocycles. The van der Waals surface area contributed by atoms with Gasteiger partial charge < -0.3 is 29.1 Å². The van der Waals surface area contributed by atoms with Gasteiger partial charge in [0.15, 0.2) is 16.6 Å². The molecule has 0 unspecified atom stereocenters. The number of carbonyl (C=O) groups is 1. The Morgan fingerprint density at radius 1 is 0.816 bits per heavy atom. The van der Waals surface area contributed by atoms with Crippen molar-refractivity contribution in [2.75, 3.05) is 21.3 Å².